The highest BCUT2D eigenvalue weighted by molar-refractivity contribution is 7.39. The normalized spacial score (nSPS) is 11.9. The van der Waals surface area contributed by atoms with E-state index >= 15 is 0 Å². The van der Waals surface area contributed by atoms with Crippen LogP contribution in [0.4, 0.5) is 0 Å². The molecule has 0 amide bonds. The SMILES string of the molecule is CCCCCCCCCCCCCCOc1cc2nsnc2c(-c2cc3sc4ccsc4c3s2)c1OCCCCCCCCCCCCCC. The molecule has 4 aromatic heterocycles. The van der Waals surface area contributed by atoms with Crippen LogP contribution in [0.1, 0.15) is 168 Å². The zero-order valence-corrected chi connectivity index (χ0v) is 34.3. The summed E-state index contributed by atoms with van der Waals surface area (Å²) in [6.07, 6.45) is 32.2. The summed E-state index contributed by atoms with van der Waals surface area (Å²) in [6, 6.07) is 6.66. The molecule has 0 spiro atoms. The summed E-state index contributed by atoms with van der Waals surface area (Å²) < 4.78 is 28.3. The summed E-state index contributed by atoms with van der Waals surface area (Å²) in [5, 5.41) is 2.20. The molecule has 0 radical (unpaired) electrons. The number of nitrogens with zero attached hydrogens (tertiary/aromatic N) is 2. The molecule has 0 aliphatic carbocycles. The van der Waals surface area contributed by atoms with Gasteiger partial charge in [-0.15, -0.1) is 34.0 Å². The van der Waals surface area contributed by atoms with Gasteiger partial charge in [-0.3, -0.25) is 0 Å². The molecular weight excluding hydrogens is 693 g/mol. The maximum Gasteiger partial charge on any atom is 0.172 e. The first kappa shape index (κ1) is 39.5. The lowest BCUT2D eigenvalue weighted by Crippen LogP contribution is -2.04. The predicted molar refractivity (Wildman–Crippen MR) is 225 cm³/mol. The highest BCUT2D eigenvalue weighted by atomic mass is 32.1. The van der Waals surface area contributed by atoms with Crippen molar-refractivity contribution in [3.8, 4) is 21.9 Å². The number of ether oxygens (including phenoxy) is 2. The first-order valence-corrected chi connectivity index (χ1v) is 23.5. The van der Waals surface area contributed by atoms with Gasteiger partial charge in [0.1, 0.15) is 11.0 Å². The third-order valence-corrected chi connectivity index (χ3v) is 14.1. The van der Waals surface area contributed by atoms with E-state index in [1.54, 1.807) is 0 Å². The number of thiophene rings is 3. The van der Waals surface area contributed by atoms with E-state index in [4.69, 9.17) is 13.8 Å². The van der Waals surface area contributed by atoms with Gasteiger partial charge in [-0.1, -0.05) is 155 Å². The van der Waals surface area contributed by atoms with Crippen LogP contribution in [0.2, 0.25) is 0 Å². The van der Waals surface area contributed by atoms with E-state index in [0.717, 1.165) is 40.9 Å². The molecule has 5 rings (SSSR count). The van der Waals surface area contributed by atoms with Gasteiger partial charge in [-0.2, -0.15) is 8.75 Å². The second-order valence-electron chi connectivity index (χ2n) is 14.2. The van der Waals surface area contributed by atoms with Crippen LogP contribution in [0, 0.1) is 0 Å². The molecule has 0 atom stereocenters. The van der Waals surface area contributed by atoms with Crippen LogP contribution >= 0.6 is 45.7 Å². The van der Waals surface area contributed by atoms with Crippen molar-refractivity contribution >= 4 is 75.6 Å². The lowest BCUT2D eigenvalue weighted by molar-refractivity contribution is 0.259. The van der Waals surface area contributed by atoms with Crippen molar-refractivity contribution in [2.45, 2.75) is 168 Å². The number of benzene rings is 1. The van der Waals surface area contributed by atoms with Gasteiger partial charge in [0, 0.05) is 20.3 Å². The average molecular weight is 755 g/mol. The Morgan fingerprint density at radius 3 is 1.66 bits per heavy atom. The van der Waals surface area contributed by atoms with Gasteiger partial charge < -0.3 is 9.47 Å². The first-order chi connectivity index (χ1) is 24.8. The number of rotatable bonds is 29. The third kappa shape index (κ3) is 12.2. The number of unbranched alkanes of at least 4 members (excludes halogenated alkanes) is 22. The van der Waals surface area contributed by atoms with Crippen molar-refractivity contribution in [3.05, 3.63) is 23.6 Å². The maximum atomic E-state index is 6.73. The van der Waals surface area contributed by atoms with Gasteiger partial charge in [0.15, 0.2) is 11.5 Å². The molecule has 276 valence electrons. The minimum atomic E-state index is 0.706. The van der Waals surface area contributed by atoms with Crippen molar-refractivity contribution in [3.63, 3.8) is 0 Å². The van der Waals surface area contributed by atoms with Crippen molar-refractivity contribution in [2.75, 3.05) is 13.2 Å². The fourth-order valence-corrected chi connectivity index (χ4v) is 11.3. The molecule has 0 saturated carbocycles. The third-order valence-electron chi connectivity index (χ3n) is 9.97. The average Bonchev–Trinajstić information content (AvgIpc) is 3.92. The molecule has 8 heteroatoms. The van der Waals surface area contributed by atoms with Gasteiger partial charge in [0.2, 0.25) is 0 Å². The molecular formula is C42H62N2O2S4. The van der Waals surface area contributed by atoms with E-state index in [2.05, 4.69) is 41.8 Å². The second kappa shape index (κ2) is 23.0. The van der Waals surface area contributed by atoms with E-state index in [-0.39, 0.29) is 0 Å². The van der Waals surface area contributed by atoms with Crippen LogP contribution in [0.3, 0.4) is 0 Å². The summed E-state index contributed by atoms with van der Waals surface area (Å²) in [5.41, 5.74) is 2.91. The molecule has 0 N–H and O–H groups in total. The van der Waals surface area contributed by atoms with Gasteiger partial charge >= 0.3 is 0 Å². The minimum absolute atomic E-state index is 0.706. The monoisotopic (exact) mass is 754 g/mol. The predicted octanol–water partition coefficient (Wildman–Crippen LogP) is 16.0. The topological polar surface area (TPSA) is 44.2 Å². The molecule has 0 aliphatic rings. The Kier molecular flexibility index (Phi) is 18.2. The van der Waals surface area contributed by atoms with Crippen molar-refractivity contribution in [1.82, 2.24) is 8.75 Å². The van der Waals surface area contributed by atoms with E-state index < -0.39 is 0 Å². The van der Waals surface area contributed by atoms with Crippen molar-refractivity contribution < 1.29 is 9.47 Å². The van der Waals surface area contributed by atoms with Gasteiger partial charge in [-0.25, -0.2) is 0 Å². The summed E-state index contributed by atoms with van der Waals surface area (Å²) in [4.78, 5) is 1.21. The molecule has 0 aliphatic heterocycles. The Morgan fingerprint density at radius 1 is 0.540 bits per heavy atom. The molecule has 4 heterocycles. The van der Waals surface area contributed by atoms with E-state index in [1.165, 1.54) is 177 Å². The summed E-state index contributed by atoms with van der Waals surface area (Å²) in [7, 11) is 0. The highest BCUT2D eigenvalue weighted by Crippen LogP contribution is 2.50. The Morgan fingerprint density at radius 2 is 1.08 bits per heavy atom. The number of hydrogen-bond donors (Lipinski definition) is 0. The molecule has 5 aromatic rings. The second-order valence-corrected chi connectivity index (χ2v) is 17.8. The Hall–Kier alpha value is -1.74. The summed E-state index contributed by atoms with van der Waals surface area (Å²) in [5.74, 6) is 1.70. The van der Waals surface area contributed by atoms with E-state index in [1.807, 2.05) is 34.0 Å². The molecule has 0 fully saturated rings. The molecule has 0 bridgehead atoms. The maximum absolute atomic E-state index is 6.73. The van der Waals surface area contributed by atoms with Crippen molar-refractivity contribution in [1.29, 1.82) is 0 Å². The zero-order chi connectivity index (χ0) is 34.6. The quantitative estimate of drug-likeness (QED) is 0.0456. The number of aromatic nitrogens is 2. The highest BCUT2D eigenvalue weighted by Gasteiger charge is 2.23. The lowest BCUT2D eigenvalue weighted by Gasteiger charge is -2.17. The largest absolute Gasteiger partial charge is 0.490 e. The van der Waals surface area contributed by atoms with Crippen LogP contribution in [0.25, 0.3) is 40.3 Å². The minimum Gasteiger partial charge on any atom is -0.490 e. The van der Waals surface area contributed by atoms with Gasteiger partial charge in [0.25, 0.3) is 0 Å². The molecule has 0 unspecified atom stereocenters. The van der Waals surface area contributed by atoms with Gasteiger partial charge in [-0.05, 0) is 30.4 Å². The summed E-state index contributed by atoms with van der Waals surface area (Å²) >= 11 is 6.88. The smallest absolute Gasteiger partial charge is 0.172 e. The fraction of sp³-hybridized carbons (Fsp3) is 0.667. The van der Waals surface area contributed by atoms with Crippen molar-refractivity contribution in [2.24, 2.45) is 0 Å². The summed E-state index contributed by atoms with van der Waals surface area (Å²) in [6.45, 7) is 6.01. The Labute approximate surface area is 318 Å². The molecule has 1 aromatic carbocycles. The molecule has 0 saturated heterocycles. The first-order valence-electron chi connectivity index (χ1n) is 20.2. The van der Waals surface area contributed by atoms with E-state index in [9.17, 15) is 0 Å². The standard InChI is InChI=1S/C42H62N2O2S4/c1-3-5-7-9-11-13-15-17-19-21-23-25-28-45-34-31-33-39(44-50-43-33)38(36-32-37-42(49-36)41-35(48-37)27-30-47-41)40(34)46-29-26-24-22-20-18-16-14-12-10-8-6-4-2/h27,30-32H,3-26,28-29H2,1-2H3. The van der Waals surface area contributed by atoms with Crippen LogP contribution < -0.4 is 9.47 Å². The van der Waals surface area contributed by atoms with Crippen LogP contribution in [-0.4, -0.2) is 22.0 Å². The Bertz CT molecular complexity index is 1630. The zero-order valence-electron chi connectivity index (χ0n) is 31.0. The van der Waals surface area contributed by atoms with Crippen LogP contribution in [0.15, 0.2) is 23.6 Å². The van der Waals surface area contributed by atoms with Crippen LogP contribution in [-0.2, 0) is 0 Å². The number of fused-ring (bicyclic) bond motifs is 4. The Balaban J connectivity index is 1.14. The van der Waals surface area contributed by atoms with E-state index in [0.29, 0.717) is 13.2 Å². The van der Waals surface area contributed by atoms with Gasteiger partial charge in [0.05, 0.1) is 39.9 Å². The fourth-order valence-electron chi connectivity index (χ4n) is 7.00. The number of hydrogen-bond acceptors (Lipinski definition) is 8. The lowest BCUT2D eigenvalue weighted by atomic mass is 10.1. The van der Waals surface area contributed by atoms with Crippen LogP contribution in [0.5, 0.6) is 11.5 Å². The molecule has 4 nitrogen and oxygen atoms in total. The molecule has 50 heavy (non-hydrogen) atoms.